The molecule has 1 aromatic rings. The summed E-state index contributed by atoms with van der Waals surface area (Å²) < 4.78 is 11.8. The third kappa shape index (κ3) is 3.82. The summed E-state index contributed by atoms with van der Waals surface area (Å²) in [4.78, 5) is 0.793. The molecule has 4 heteroatoms. The lowest BCUT2D eigenvalue weighted by atomic mass is 10.2. The predicted octanol–water partition coefficient (Wildman–Crippen LogP) is 3.42. The second-order valence-corrected chi connectivity index (χ2v) is 5.32. The van der Waals surface area contributed by atoms with Gasteiger partial charge in [-0.15, -0.1) is 0 Å². The molecule has 0 aliphatic carbocycles. The third-order valence-electron chi connectivity index (χ3n) is 1.67. The minimum atomic E-state index is -1.06. The van der Waals surface area contributed by atoms with Crippen LogP contribution >= 0.6 is 23.2 Å². The summed E-state index contributed by atoms with van der Waals surface area (Å²) in [6, 6.07) is 7.56. The highest BCUT2D eigenvalue weighted by Gasteiger charge is 2.01. The first kappa shape index (κ1) is 11.8. The van der Waals surface area contributed by atoms with Gasteiger partial charge in [-0.1, -0.05) is 40.9 Å². The highest BCUT2D eigenvalue weighted by molar-refractivity contribution is 7.85. The molecule has 1 unspecified atom stereocenters. The molecule has 0 bridgehead atoms. The quantitative estimate of drug-likeness (QED) is 0.802. The van der Waals surface area contributed by atoms with E-state index in [1.54, 1.807) is 6.08 Å². The molecule has 0 fully saturated rings. The number of hydrogen-bond donors (Lipinski definition) is 0. The lowest BCUT2D eigenvalue weighted by Gasteiger charge is -1.99. The van der Waals surface area contributed by atoms with Gasteiger partial charge in [-0.3, -0.25) is 4.21 Å². The van der Waals surface area contributed by atoms with Crippen LogP contribution in [-0.4, -0.2) is 9.96 Å². The maximum atomic E-state index is 11.6. The minimum absolute atomic E-state index is 0.158. The van der Waals surface area contributed by atoms with Crippen molar-refractivity contribution in [2.45, 2.75) is 11.8 Å². The lowest BCUT2D eigenvalue weighted by molar-refractivity contribution is 0.685. The first-order chi connectivity index (χ1) is 6.59. The summed E-state index contributed by atoms with van der Waals surface area (Å²) in [5, 5.41) is 0. The Labute approximate surface area is 96.2 Å². The fourth-order valence-corrected chi connectivity index (χ4v) is 2.21. The number of hydrogen-bond acceptors (Lipinski definition) is 1. The monoisotopic (exact) mass is 248 g/mol. The van der Waals surface area contributed by atoms with Crippen LogP contribution in [0.2, 0.25) is 0 Å². The van der Waals surface area contributed by atoms with Crippen LogP contribution in [0, 0.1) is 6.92 Å². The van der Waals surface area contributed by atoms with Gasteiger partial charge in [-0.25, -0.2) is 0 Å². The molecule has 0 saturated carbocycles. The van der Waals surface area contributed by atoms with Gasteiger partial charge in [0.15, 0.2) is 0 Å². The molecule has 1 aromatic carbocycles. The molecular formula is C10H10Cl2OS. The van der Waals surface area contributed by atoms with E-state index in [2.05, 4.69) is 0 Å². The Hall–Kier alpha value is -0.310. The number of rotatable bonds is 3. The van der Waals surface area contributed by atoms with Crippen molar-refractivity contribution in [3.8, 4) is 0 Å². The van der Waals surface area contributed by atoms with Crippen molar-refractivity contribution in [1.29, 1.82) is 0 Å². The largest absolute Gasteiger partial charge is 0.254 e. The van der Waals surface area contributed by atoms with Crippen molar-refractivity contribution in [3.63, 3.8) is 0 Å². The van der Waals surface area contributed by atoms with Gasteiger partial charge >= 0.3 is 0 Å². The lowest BCUT2D eigenvalue weighted by Crippen LogP contribution is -1.95. The molecule has 1 atom stereocenters. The molecule has 0 aliphatic rings. The summed E-state index contributed by atoms with van der Waals surface area (Å²) >= 11 is 10.9. The standard InChI is InChI=1S/C10H10Cl2OS/c1-8-2-4-9(5-3-8)14(13)7-6-10(11)12/h2-6H,7H2,1H3. The zero-order chi connectivity index (χ0) is 10.6. The van der Waals surface area contributed by atoms with E-state index in [4.69, 9.17) is 23.2 Å². The second-order valence-electron chi connectivity index (χ2n) is 2.82. The van der Waals surface area contributed by atoms with Crippen molar-refractivity contribution in [2.75, 3.05) is 5.75 Å². The summed E-state index contributed by atoms with van der Waals surface area (Å²) in [6.07, 6.45) is 1.54. The Morgan fingerprint density at radius 2 is 1.93 bits per heavy atom. The third-order valence-corrected chi connectivity index (χ3v) is 3.25. The van der Waals surface area contributed by atoms with Crippen molar-refractivity contribution in [1.82, 2.24) is 0 Å². The Bertz CT molecular complexity index is 353. The van der Waals surface area contributed by atoms with Gasteiger partial charge in [0.1, 0.15) is 4.49 Å². The van der Waals surface area contributed by atoms with Gasteiger partial charge in [0, 0.05) is 10.6 Å². The van der Waals surface area contributed by atoms with E-state index in [1.807, 2.05) is 31.2 Å². The maximum absolute atomic E-state index is 11.6. The van der Waals surface area contributed by atoms with Gasteiger partial charge in [-0.05, 0) is 25.1 Å². The van der Waals surface area contributed by atoms with E-state index in [1.165, 1.54) is 0 Å². The molecule has 0 heterocycles. The molecule has 0 radical (unpaired) electrons. The Balaban J connectivity index is 2.70. The SMILES string of the molecule is Cc1ccc(S(=O)CC=C(Cl)Cl)cc1. The van der Waals surface area contributed by atoms with E-state index in [0.29, 0.717) is 5.75 Å². The van der Waals surface area contributed by atoms with Crippen molar-refractivity contribution in [3.05, 3.63) is 40.4 Å². The van der Waals surface area contributed by atoms with Crippen LogP contribution in [0.25, 0.3) is 0 Å². The Morgan fingerprint density at radius 3 is 2.43 bits per heavy atom. The van der Waals surface area contributed by atoms with E-state index in [-0.39, 0.29) is 4.49 Å². The van der Waals surface area contributed by atoms with Crippen LogP contribution in [0.5, 0.6) is 0 Å². The highest BCUT2D eigenvalue weighted by Crippen LogP contribution is 2.11. The maximum Gasteiger partial charge on any atom is 0.103 e. The molecule has 0 amide bonds. The van der Waals surface area contributed by atoms with Crippen molar-refractivity contribution >= 4 is 34.0 Å². The van der Waals surface area contributed by atoms with Gasteiger partial charge in [-0.2, -0.15) is 0 Å². The smallest absolute Gasteiger partial charge is 0.103 e. The van der Waals surface area contributed by atoms with Gasteiger partial charge in [0.25, 0.3) is 0 Å². The van der Waals surface area contributed by atoms with E-state index in [9.17, 15) is 4.21 Å². The topological polar surface area (TPSA) is 17.1 Å². The van der Waals surface area contributed by atoms with Gasteiger partial charge < -0.3 is 0 Å². The first-order valence-corrected chi connectivity index (χ1v) is 6.13. The Kier molecular flexibility index (Phi) is 4.66. The number of halogens is 2. The minimum Gasteiger partial charge on any atom is -0.254 e. The normalized spacial score (nSPS) is 12.2. The molecule has 0 N–H and O–H groups in total. The Morgan fingerprint density at radius 1 is 1.36 bits per heavy atom. The number of benzene rings is 1. The van der Waals surface area contributed by atoms with Crippen molar-refractivity contribution < 1.29 is 4.21 Å². The summed E-state index contributed by atoms with van der Waals surface area (Å²) in [7, 11) is -1.06. The van der Waals surface area contributed by atoms with Crippen LogP contribution in [0.4, 0.5) is 0 Å². The van der Waals surface area contributed by atoms with Crippen LogP contribution in [0.15, 0.2) is 39.7 Å². The van der Waals surface area contributed by atoms with E-state index >= 15 is 0 Å². The van der Waals surface area contributed by atoms with Crippen molar-refractivity contribution in [2.24, 2.45) is 0 Å². The van der Waals surface area contributed by atoms with Crippen LogP contribution < -0.4 is 0 Å². The molecule has 0 aromatic heterocycles. The van der Waals surface area contributed by atoms with Crippen LogP contribution in [0.1, 0.15) is 5.56 Å². The molecule has 0 spiro atoms. The first-order valence-electron chi connectivity index (χ1n) is 4.06. The molecule has 0 aliphatic heterocycles. The van der Waals surface area contributed by atoms with Crippen LogP contribution in [0.3, 0.4) is 0 Å². The van der Waals surface area contributed by atoms with Crippen LogP contribution in [-0.2, 0) is 10.8 Å². The average Bonchev–Trinajstić information content (AvgIpc) is 2.15. The molecule has 1 rings (SSSR count). The summed E-state index contributed by atoms with van der Waals surface area (Å²) in [5.74, 6) is 0.353. The molecule has 76 valence electrons. The molecule has 0 saturated heterocycles. The highest BCUT2D eigenvalue weighted by atomic mass is 35.5. The van der Waals surface area contributed by atoms with E-state index in [0.717, 1.165) is 10.5 Å². The summed E-state index contributed by atoms with van der Waals surface area (Å²) in [5.41, 5.74) is 1.15. The molecular weight excluding hydrogens is 239 g/mol. The summed E-state index contributed by atoms with van der Waals surface area (Å²) in [6.45, 7) is 1.99. The fourth-order valence-electron chi connectivity index (χ4n) is 0.925. The fraction of sp³-hybridized carbons (Fsp3) is 0.200. The molecule has 14 heavy (non-hydrogen) atoms. The predicted molar refractivity (Wildman–Crippen MR) is 62.2 cm³/mol. The van der Waals surface area contributed by atoms with Gasteiger partial charge in [0.2, 0.25) is 0 Å². The zero-order valence-electron chi connectivity index (χ0n) is 7.67. The zero-order valence-corrected chi connectivity index (χ0v) is 9.99. The molecule has 1 nitrogen and oxygen atoms in total. The number of aryl methyl sites for hydroxylation is 1. The van der Waals surface area contributed by atoms with Gasteiger partial charge in [0.05, 0.1) is 10.8 Å². The van der Waals surface area contributed by atoms with E-state index < -0.39 is 10.8 Å². The second kappa shape index (κ2) is 5.54. The average molecular weight is 249 g/mol.